The van der Waals surface area contributed by atoms with Crippen LogP contribution in [0.3, 0.4) is 0 Å². The van der Waals surface area contributed by atoms with E-state index in [9.17, 15) is 4.79 Å². The lowest BCUT2D eigenvalue weighted by Gasteiger charge is -2.27. The van der Waals surface area contributed by atoms with E-state index in [2.05, 4.69) is 40.8 Å². The maximum Gasteiger partial charge on any atom is 0.261 e. The molecule has 1 aromatic heterocycles. The lowest BCUT2D eigenvalue weighted by atomic mass is 10.2. The van der Waals surface area contributed by atoms with Crippen LogP contribution in [-0.2, 0) is 6.54 Å². The minimum absolute atomic E-state index is 0.132. The predicted molar refractivity (Wildman–Crippen MR) is 109 cm³/mol. The third kappa shape index (κ3) is 4.50. The second-order valence-electron chi connectivity index (χ2n) is 6.68. The molecule has 3 rings (SSSR count). The second-order valence-corrected chi connectivity index (χ2v) is 6.68. The molecule has 1 amide bonds. The summed E-state index contributed by atoms with van der Waals surface area (Å²) >= 11 is 0. The summed E-state index contributed by atoms with van der Waals surface area (Å²) in [6, 6.07) is 20.0. The van der Waals surface area contributed by atoms with E-state index in [1.807, 2.05) is 48.5 Å². The Bertz CT molecular complexity index is 864. The molecule has 0 N–H and O–H groups in total. The molecule has 0 saturated carbocycles. The maximum absolute atomic E-state index is 12.7. The van der Waals surface area contributed by atoms with E-state index in [0.717, 1.165) is 12.2 Å². The lowest BCUT2D eigenvalue weighted by molar-refractivity contribution is 0.0992. The molecule has 0 spiro atoms. The summed E-state index contributed by atoms with van der Waals surface area (Å²) in [5.74, 6) is 0.486. The van der Waals surface area contributed by atoms with Gasteiger partial charge in [0, 0.05) is 37.7 Å². The minimum Gasteiger partial charge on any atom is -0.334 e. The number of nitrogens with zero attached hydrogens (tertiary/aromatic N) is 4. The van der Waals surface area contributed by atoms with Crippen molar-refractivity contribution in [2.24, 2.45) is 0 Å². The van der Waals surface area contributed by atoms with Gasteiger partial charge in [-0.3, -0.25) is 4.79 Å². The molecule has 5 nitrogen and oxygen atoms in total. The van der Waals surface area contributed by atoms with Crippen molar-refractivity contribution in [3.05, 3.63) is 84.2 Å². The van der Waals surface area contributed by atoms with Gasteiger partial charge in [-0.15, -0.1) is 0 Å². The molecule has 0 aliphatic heterocycles. The first-order valence-corrected chi connectivity index (χ1v) is 9.02. The molecular formula is C22H24N4O. The van der Waals surface area contributed by atoms with Crippen molar-refractivity contribution >= 4 is 17.5 Å². The summed E-state index contributed by atoms with van der Waals surface area (Å²) in [5, 5.41) is 0. The Kier molecular flexibility index (Phi) is 5.81. The molecule has 0 radical (unpaired) electrons. The van der Waals surface area contributed by atoms with Crippen molar-refractivity contribution in [1.29, 1.82) is 0 Å². The van der Waals surface area contributed by atoms with Gasteiger partial charge in [-0.2, -0.15) is 0 Å². The lowest BCUT2D eigenvalue weighted by Crippen LogP contribution is -2.32. The predicted octanol–water partition coefficient (Wildman–Crippen LogP) is 4.17. The number of hydrogen-bond acceptors (Lipinski definition) is 4. The highest BCUT2D eigenvalue weighted by Gasteiger charge is 2.17. The molecule has 0 atom stereocenters. The number of rotatable bonds is 6. The highest BCUT2D eigenvalue weighted by Crippen LogP contribution is 2.18. The van der Waals surface area contributed by atoms with Crippen LogP contribution in [0.4, 0.5) is 11.6 Å². The fourth-order valence-electron chi connectivity index (χ4n) is 2.81. The van der Waals surface area contributed by atoms with E-state index in [-0.39, 0.29) is 11.9 Å². The summed E-state index contributed by atoms with van der Waals surface area (Å²) in [4.78, 5) is 25.3. The number of para-hydroxylation sites is 1. The largest absolute Gasteiger partial charge is 0.334 e. The first-order chi connectivity index (χ1) is 13.1. The van der Waals surface area contributed by atoms with Crippen molar-refractivity contribution in [3.63, 3.8) is 0 Å². The fraction of sp³-hybridized carbons (Fsp3) is 0.227. The topological polar surface area (TPSA) is 49.3 Å². The molecule has 0 fully saturated rings. The third-order valence-corrected chi connectivity index (χ3v) is 4.41. The van der Waals surface area contributed by atoms with E-state index in [0.29, 0.717) is 11.5 Å². The third-order valence-electron chi connectivity index (χ3n) is 4.41. The van der Waals surface area contributed by atoms with Crippen LogP contribution in [0, 0.1) is 0 Å². The van der Waals surface area contributed by atoms with Gasteiger partial charge < -0.3 is 9.80 Å². The summed E-state index contributed by atoms with van der Waals surface area (Å²) in [5.41, 5.74) is 2.49. The van der Waals surface area contributed by atoms with Gasteiger partial charge in [0.1, 0.15) is 0 Å². The SMILES string of the molecule is CC(C)N(Cc1ccccc1)c1ncc(C(=O)N(C)c2ccccc2)cn1. The van der Waals surface area contributed by atoms with E-state index in [4.69, 9.17) is 0 Å². The number of carbonyl (C=O) groups is 1. The van der Waals surface area contributed by atoms with E-state index in [1.165, 1.54) is 5.56 Å². The van der Waals surface area contributed by atoms with Gasteiger partial charge >= 0.3 is 0 Å². The zero-order valence-electron chi connectivity index (χ0n) is 15.9. The molecule has 138 valence electrons. The number of amides is 1. The van der Waals surface area contributed by atoms with E-state index < -0.39 is 0 Å². The average molecular weight is 360 g/mol. The maximum atomic E-state index is 12.7. The summed E-state index contributed by atoms with van der Waals surface area (Å²) < 4.78 is 0. The Balaban J connectivity index is 1.77. The molecule has 0 saturated heterocycles. The smallest absolute Gasteiger partial charge is 0.261 e. The molecule has 3 aromatic rings. The van der Waals surface area contributed by atoms with Crippen LogP contribution in [0.1, 0.15) is 29.8 Å². The van der Waals surface area contributed by atoms with Crippen molar-refractivity contribution < 1.29 is 4.79 Å². The first kappa shape index (κ1) is 18.6. The van der Waals surface area contributed by atoms with Gasteiger partial charge in [0.05, 0.1) is 5.56 Å². The molecule has 0 aliphatic carbocycles. The molecule has 0 bridgehead atoms. The Hall–Kier alpha value is -3.21. The summed E-state index contributed by atoms with van der Waals surface area (Å²) in [7, 11) is 1.75. The van der Waals surface area contributed by atoms with Crippen LogP contribution < -0.4 is 9.80 Å². The molecule has 0 aliphatic rings. The summed E-state index contributed by atoms with van der Waals surface area (Å²) in [6.45, 7) is 4.93. The average Bonchev–Trinajstić information content (AvgIpc) is 2.72. The Labute approximate surface area is 160 Å². The monoisotopic (exact) mass is 360 g/mol. The normalized spacial score (nSPS) is 10.7. The van der Waals surface area contributed by atoms with E-state index in [1.54, 1.807) is 24.3 Å². The van der Waals surface area contributed by atoms with Gasteiger partial charge in [-0.1, -0.05) is 48.5 Å². The molecule has 1 heterocycles. The fourth-order valence-corrected chi connectivity index (χ4v) is 2.81. The van der Waals surface area contributed by atoms with Gasteiger partial charge in [-0.05, 0) is 31.5 Å². The van der Waals surface area contributed by atoms with Crippen molar-refractivity contribution in [2.45, 2.75) is 26.4 Å². The zero-order chi connectivity index (χ0) is 19.2. The quantitative estimate of drug-likeness (QED) is 0.662. The van der Waals surface area contributed by atoms with Gasteiger partial charge in [0.25, 0.3) is 5.91 Å². The van der Waals surface area contributed by atoms with Crippen LogP contribution >= 0.6 is 0 Å². The zero-order valence-corrected chi connectivity index (χ0v) is 15.9. The van der Waals surface area contributed by atoms with Gasteiger partial charge in [0.2, 0.25) is 5.95 Å². The Morgan fingerprint density at radius 1 is 0.926 bits per heavy atom. The standard InChI is InChI=1S/C22H24N4O/c1-17(2)26(16-18-10-6-4-7-11-18)22-23-14-19(15-24-22)21(27)25(3)20-12-8-5-9-13-20/h4-15,17H,16H2,1-3H3. The highest BCUT2D eigenvalue weighted by atomic mass is 16.2. The number of anilines is 2. The summed E-state index contributed by atoms with van der Waals surface area (Å²) in [6.07, 6.45) is 3.20. The van der Waals surface area contributed by atoms with Crippen LogP contribution in [0.2, 0.25) is 0 Å². The number of hydrogen-bond donors (Lipinski definition) is 0. The molecule has 0 unspecified atom stereocenters. The van der Waals surface area contributed by atoms with Gasteiger partial charge in [-0.25, -0.2) is 9.97 Å². The van der Waals surface area contributed by atoms with Crippen molar-refractivity contribution in [2.75, 3.05) is 16.8 Å². The number of benzene rings is 2. The molecule has 27 heavy (non-hydrogen) atoms. The second kappa shape index (κ2) is 8.45. The van der Waals surface area contributed by atoms with Crippen molar-refractivity contribution in [1.82, 2.24) is 9.97 Å². The van der Waals surface area contributed by atoms with Gasteiger partial charge in [0.15, 0.2) is 0 Å². The Morgan fingerprint density at radius 3 is 2.04 bits per heavy atom. The van der Waals surface area contributed by atoms with E-state index >= 15 is 0 Å². The highest BCUT2D eigenvalue weighted by molar-refractivity contribution is 6.05. The molecular weight excluding hydrogens is 336 g/mol. The van der Waals surface area contributed by atoms with Crippen LogP contribution in [-0.4, -0.2) is 29.0 Å². The van der Waals surface area contributed by atoms with Crippen molar-refractivity contribution in [3.8, 4) is 0 Å². The Morgan fingerprint density at radius 2 is 1.48 bits per heavy atom. The number of carbonyl (C=O) groups excluding carboxylic acids is 1. The van der Waals surface area contributed by atoms with Crippen LogP contribution in [0.25, 0.3) is 0 Å². The van der Waals surface area contributed by atoms with Crippen LogP contribution in [0.15, 0.2) is 73.1 Å². The first-order valence-electron chi connectivity index (χ1n) is 9.02. The van der Waals surface area contributed by atoms with Crippen LogP contribution in [0.5, 0.6) is 0 Å². The number of aromatic nitrogens is 2. The molecule has 2 aromatic carbocycles. The molecule has 5 heteroatoms. The minimum atomic E-state index is -0.132.